The van der Waals surface area contributed by atoms with Crippen LogP contribution in [0.4, 0.5) is 10.1 Å². The molecule has 3 nitrogen and oxygen atoms in total. The van der Waals surface area contributed by atoms with Crippen LogP contribution in [0.25, 0.3) is 0 Å². The lowest BCUT2D eigenvalue weighted by Gasteiger charge is -2.34. The molecule has 2 atom stereocenters. The molecule has 1 aliphatic rings. The Labute approximate surface area is 127 Å². The molecule has 1 aliphatic heterocycles. The van der Waals surface area contributed by atoms with Gasteiger partial charge in [0.2, 0.25) is 0 Å². The highest BCUT2D eigenvalue weighted by molar-refractivity contribution is 5.50. The maximum absolute atomic E-state index is 14.4. The van der Waals surface area contributed by atoms with Crippen molar-refractivity contribution in [1.29, 1.82) is 0 Å². The summed E-state index contributed by atoms with van der Waals surface area (Å²) in [7, 11) is 1.73. The Balaban J connectivity index is 2.09. The molecule has 1 heterocycles. The number of anilines is 1. The molecule has 118 valence electrons. The zero-order valence-electron chi connectivity index (χ0n) is 13.4. The SMILES string of the molecule is CCNC(C)c1ccc(N2CCCC(COC)C2)c(F)c1. The van der Waals surface area contributed by atoms with Gasteiger partial charge in [0, 0.05) is 26.2 Å². The van der Waals surface area contributed by atoms with Gasteiger partial charge in [0.25, 0.3) is 0 Å². The standard InChI is InChI=1S/C17H27FN2O/c1-4-19-13(2)15-7-8-17(16(18)10-15)20-9-5-6-14(11-20)12-21-3/h7-8,10,13-14,19H,4-6,9,11-12H2,1-3H3. The average Bonchev–Trinajstić information content (AvgIpc) is 2.48. The van der Waals surface area contributed by atoms with Crippen LogP contribution in [-0.2, 0) is 4.74 Å². The highest BCUT2D eigenvalue weighted by Crippen LogP contribution is 2.27. The van der Waals surface area contributed by atoms with Crippen LogP contribution < -0.4 is 10.2 Å². The van der Waals surface area contributed by atoms with E-state index in [4.69, 9.17) is 4.74 Å². The fourth-order valence-electron chi connectivity index (χ4n) is 3.13. The van der Waals surface area contributed by atoms with Gasteiger partial charge in [0.05, 0.1) is 12.3 Å². The molecule has 0 aliphatic carbocycles. The molecule has 1 saturated heterocycles. The van der Waals surface area contributed by atoms with Gasteiger partial charge in [0.15, 0.2) is 0 Å². The summed E-state index contributed by atoms with van der Waals surface area (Å²) in [6.45, 7) is 7.58. The van der Waals surface area contributed by atoms with Crippen LogP contribution >= 0.6 is 0 Å². The van der Waals surface area contributed by atoms with Gasteiger partial charge in [-0.15, -0.1) is 0 Å². The van der Waals surface area contributed by atoms with Crippen LogP contribution in [0, 0.1) is 11.7 Å². The summed E-state index contributed by atoms with van der Waals surface area (Å²) in [6, 6.07) is 5.81. The molecule has 1 fully saturated rings. The van der Waals surface area contributed by atoms with Crippen molar-refractivity contribution in [2.45, 2.75) is 32.7 Å². The molecule has 1 aromatic carbocycles. The number of nitrogens with zero attached hydrogens (tertiary/aromatic N) is 1. The smallest absolute Gasteiger partial charge is 0.146 e. The van der Waals surface area contributed by atoms with E-state index in [0.717, 1.165) is 43.9 Å². The third-order valence-corrected chi connectivity index (χ3v) is 4.24. The number of nitrogens with one attached hydrogen (secondary N) is 1. The third kappa shape index (κ3) is 4.17. The van der Waals surface area contributed by atoms with Crippen LogP contribution in [0.2, 0.25) is 0 Å². The molecule has 2 rings (SSSR count). The topological polar surface area (TPSA) is 24.5 Å². The van der Waals surface area contributed by atoms with Crippen LogP contribution in [0.3, 0.4) is 0 Å². The predicted octanol–water partition coefficient (Wildman–Crippen LogP) is 3.36. The maximum atomic E-state index is 14.4. The van der Waals surface area contributed by atoms with Crippen molar-refractivity contribution in [3.63, 3.8) is 0 Å². The van der Waals surface area contributed by atoms with E-state index < -0.39 is 0 Å². The second-order valence-corrected chi connectivity index (χ2v) is 5.90. The minimum absolute atomic E-state index is 0.115. The summed E-state index contributed by atoms with van der Waals surface area (Å²) in [5, 5.41) is 3.31. The second kappa shape index (κ2) is 7.76. The van der Waals surface area contributed by atoms with E-state index in [0.29, 0.717) is 5.92 Å². The van der Waals surface area contributed by atoms with Crippen LogP contribution in [0.5, 0.6) is 0 Å². The minimum Gasteiger partial charge on any atom is -0.384 e. The van der Waals surface area contributed by atoms with E-state index in [9.17, 15) is 4.39 Å². The minimum atomic E-state index is -0.115. The number of methoxy groups -OCH3 is 1. The molecule has 1 aromatic rings. The summed E-state index contributed by atoms with van der Waals surface area (Å²) >= 11 is 0. The van der Waals surface area contributed by atoms with E-state index in [2.05, 4.69) is 24.1 Å². The lowest BCUT2D eigenvalue weighted by atomic mass is 9.98. The number of hydrogen-bond donors (Lipinski definition) is 1. The zero-order chi connectivity index (χ0) is 15.2. The Bertz CT molecular complexity index is 450. The van der Waals surface area contributed by atoms with Crippen molar-refractivity contribution in [1.82, 2.24) is 5.32 Å². The first-order chi connectivity index (χ1) is 10.2. The summed E-state index contributed by atoms with van der Waals surface area (Å²) in [5.74, 6) is 0.388. The van der Waals surface area contributed by atoms with E-state index in [1.165, 1.54) is 6.42 Å². The first kappa shape index (κ1) is 16.2. The number of piperidine rings is 1. The second-order valence-electron chi connectivity index (χ2n) is 5.90. The number of hydrogen-bond acceptors (Lipinski definition) is 3. The summed E-state index contributed by atoms with van der Waals surface area (Å²) < 4.78 is 19.7. The maximum Gasteiger partial charge on any atom is 0.146 e. The molecule has 4 heteroatoms. The monoisotopic (exact) mass is 294 g/mol. The van der Waals surface area contributed by atoms with Gasteiger partial charge in [-0.25, -0.2) is 4.39 Å². The van der Waals surface area contributed by atoms with Gasteiger partial charge in [-0.05, 0) is 49.9 Å². The first-order valence-electron chi connectivity index (χ1n) is 7.92. The fourth-order valence-corrected chi connectivity index (χ4v) is 3.13. The van der Waals surface area contributed by atoms with E-state index in [-0.39, 0.29) is 11.9 Å². The van der Waals surface area contributed by atoms with E-state index in [1.807, 2.05) is 12.1 Å². The molecule has 2 unspecified atom stereocenters. The van der Waals surface area contributed by atoms with Crippen LogP contribution in [0.1, 0.15) is 38.3 Å². The molecule has 0 spiro atoms. The van der Waals surface area contributed by atoms with E-state index >= 15 is 0 Å². The number of halogens is 1. The molecule has 0 bridgehead atoms. The number of benzene rings is 1. The zero-order valence-corrected chi connectivity index (χ0v) is 13.4. The van der Waals surface area contributed by atoms with Crippen molar-refractivity contribution >= 4 is 5.69 Å². The molecule has 0 radical (unpaired) electrons. The van der Waals surface area contributed by atoms with Gasteiger partial charge < -0.3 is 15.0 Å². The lowest BCUT2D eigenvalue weighted by molar-refractivity contribution is 0.143. The Morgan fingerprint density at radius 3 is 2.95 bits per heavy atom. The molecule has 0 aromatic heterocycles. The van der Waals surface area contributed by atoms with Crippen LogP contribution in [0.15, 0.2) is 18.2 Å². The van der Waals surface area contributed by atoms with Crippen LogP contribution in [-0.4, -0.2) is 33.4 Å². The molecular formula is C17H27FN2O. The predicted molar refractivity (Wildman–Crippen MR) is 85.3 cm³/mol. The Hall–Kier alpha value is -1.13. The molecule has 21 heavy (non-hydrogen) atoms. The van der Waals surface area contributed by atoms with Gasteiger partial charge in [-0.1, -0.05) is 13.0 Å². The van der Waals surface area contributed by atoms with Crippen molar-refractivity contribution < 1.29 is 9.13 Å². The highest BCUT2D eigenvalue weighted by Gasteiger charge is 2.22. The Kier molecular flexibility index (Phi) is 6.00. The Morgan fingerprint density at radius 2 is 2.29 bits per heavy atom. The number of ether oxygens (including phenoxy) is 1. The van der Waals surface area contributed by atoms with Gasteiger partial charge >= 0.3 is 0 Å². The average molecular weight is 294 g/mol. The molecule has 0 amide bonds. The number of rotatable bonds is 6. The lowest BCUT2D eigenvalue weighted by Crippen LogP contribution is -2.37. The first-order valence-corrected chi connectivity index (χ1v) is 7.92. The normalized spacial score (nSPS) is 20.6. The van der Waals surface area contributed by atoms with Gasteiger partial charge in [0.1, 0.15) is 5.82 Å². The van der Waals surface area contributed by atoms with Gasteiger partial charge in [-0.2, -0.15) is 0 Å². The molecule has 1 N–H and O–H groups in total. The molecule has 0 saturated carbocycles. The van der Waals surface area contributed by atoms with Gasteiger partial charge in [-0.3, -0.25) is 0 Å². The fraction of sp³-hybridized carbons (Fsp3) is 0.647. The quantitative estimate of drug-likeness (QED) is 0.870. The van der Waals surface area contributed by atoms with E-state index in [1.54, 1.807) is 13.2 Å². The largest absolute Gasteiger partial charge is 0.384 e. The third-order valence-electron chi connectivity index (χ3n) is 4.24. The highest BCUT2D eigenvalue weighted by atomic mass is 19.1. The summed E-state index contributed by atoms with van der Waals surface area (Å²) in [4.78, 5) is 2.16. The molecular weight excluding hydrogens is 267 g/mol. The summed E-state index contributed by atoms with van der Waals surface area (Å²) in [5.41, 5.74) is 1.73. The van der Waals surface area contributed by atoms with Crippen molar-refractivity contribution in [3.8, 4) is 0 Å². The van der Waals surface area contributed by atoms with Crippen molar-refractivity contribution in [2.24, 2.45) is 5.92 Å². The van der Waals surface area contributed by atoms with Crippen molar-refractivity contribution in [2.75, 3.05) is 38.3 Å². The summed E-state index contributed by atoms with van der Waals surface area (Å²) in [6.07, 6.45) is 2.27. The van der Waals surface area contributed by atoms with Crippen molar-refractivity contribution in [3.05, 3.63) is 29.6 Å². The Morgan fingerprint density at radius 1 is 1.48 bits per heavy atom.